The first kappa shape index (κ1) is 17.3. The molecule has 4 heteroatoms. The number of hydrogen-bond donors (Lipinski definition) is 2. The van der Waals surface area contributed by atoms with Gasteiger partial charge in [-0.3, -0.25) is 0 Å². The van der Waals surface area contributed by atoms with E-state index in [1.165, 1.54) is 16.7 Å². The smallest absolute Gasteiger partial charge is 0.170 e. The van der Waals surface area contributed by atoms with Crippen LogP contribution in [0.4, 0.5) is 5.69 Å². The molecule has 0 amide bonds. The molecule has 0 aliphatic rings. The zero-order valence-electron chi connectivity index (χ0n) is 14.0. The van der Waals surface area contributed by atoms with Crippen LogP contribution in [0, 0.1) is 13.8 Å². The second-order valence-electron chi connectivity index (χ2n) is 5.61. The van der Waals surface area contributed by atoms with Crippen molar-refractivity contribution in [3.63, 3.8) is 0 Å². The number of methoxy groups -OCH3 is 1. The van der Waals surface area contributed by atoms with E-state index in [-0.39, 0.29) is 0 Å². The number of benzene rings is 2. The lowest BCUT2D eigenvalue weighted by molar-refractivity contribution is 0.409. The highest BCUT2D eigenvalue weighted by molar-refractivity contribution is 7.80. The Bertz CT molecular complexity index is 670. The minimum atomic E-state index is 0.664. The Hall–Kier alpha value is -2.07. The van der Waals surface area contributed by atoms with Crippen LogP contribution in [-0.4, -0.2) is 18.8 Å². The van der Waals surface area contributed by atoms with E-state index in [2.05, 4.69) is 48.7 Å². The fraction of sp³-hybridized carbons (Fsp3) is 0.316. The van der Waals surface area contributed by atoms with Crippen LogP contribution >= 0.6 is 12.2 Å². The van der Waals surface area contributed by atoms with Crippen molar-refractivity contribution in [2.24, 2.45) is 0 Å². The Morgan fingerprint density at radius 3 is 2.65 bits per heavy atom. The molecule has 0 aliphatic carbocycles. The van der Waals surface area contributed by atoms with Gasteiger partial charge in [-0.1, -0.05) is 35.9 Å². The predicted molar refractivity (Wildman–Crippen MR) is 101 cm³/mol. The van der Waals surface area contributed by atoms with E-state index in [9.17, 15) is 0 Å². The summed E-state index contributed by atoms with van der Waals surface area (Å²) in [6.07, 6.45) is 1.96. The molecule has 2 N–H and O–H groups in total. The summed E-state index contributed by atoms with van der Waals surface area (Å²) in [5, 5.41) is 7.18. The van der Waals surface area contributed by atoms with Crippen LogP contribution in [0.2, 0.25) is 0 Å². The molecule has 0 spiro atoms. The molecule has 0 fully saturated rings. The minimum absolute atomic E-state index is 0.664. The van der Waals surface area contributed by atoms with E-state index in [4.69, 9.17) is 17.0 Å². The predicted octanol–water partition coefficient (Wildman–Crippen LogP) is 4.23. The summed E-state index contributed by atoms with van der Waals surface area (Å²) >= 11 is 5.36. The maximum absolute atomic E-state index is 5.37. The minimum Gasteiger partial charge on any atom is -0.496 e. The lowest BCUT2D eigenvalue weighted by Gasteiger charge is -2.13. The topological polar surface area (TPSA) is 33.3 Å². The number of aryl methyl sites for hydroxylation is 3. The fourth-order valence-corrected chi connectivity index (χ4v) is 2.72. The van der Waals surface area contributed by atoms with Crippen molar-refractivity contribution in [2.75, 3.05) is 19.0 Å². The first-order valence-electron chi connectivity index (χ1n) is 7.84. The molecule has 0 aliphatic heterocycles. The third-order valence-corrected chi connectivity index (χ3v) is 3.98. The third-order valence-electron chi connectivity index (χ3n) is 3.73. The van der Waals surface area contributed by atoms with E-state index in [1.54, 1.807) is 7.11 Å². The van der Waals surface area contributed by atoms with Crippen molar-refractivity contribution in [1.29, 1.82) is 0 Å². The van der Waals surface area contributed by atoms with Gasteiger partial charge in [0.15, 0.2) is 5.11 Å². The van der Waals surface area contributed by atoms with Crippen molar-refractivity contribution in [3.05, 3.63) is 59.2 Å². The summed E-state index contributed by atoms with van der Waals surface area (Å²) in [6, 6.07) is 14.4. The molecular formula is C19H24N2OS. The number of para-hydroxylation sites is 1. The molecule has 0 radical (unpaired) electrons. The molecule has 2 aromatic carbocycles. The van der Waals surface area contributed by atoms with E-state index < -0.39 is 0 Å². The van der Waals surface area contributed by atoms with Gasteiger partial charge in [0.25, 0.3) is 0 Å². The van der Waals surface area contributed by atoms with Crippen molar-refractivity contribution in [1.82, 2.24) is 5.32 Å². The van der Waals surface area contributed by atoms with Crippen molar-refractivity contribution in [3.8, 4) is 5.75 Å². The van der Waals surface area contributed by atoms with Crippen molar-refractivity contribution >= 4 is 23.0 Å². The molecule has 122 valence electrons. The normalized spacial score (nSPS) is 10.2. The van der Waals surface area contributed by atoms with Crippen LogP contribution in [0.3, 0.4) is 0 Å². The first-order valence-corrected chi connectivity index (χ1v) is 8.25. The summed E-state index contributed by atoms with van der Waals surface area (Å²) in [5.41, 5.74) is 4.73. The average molecular weight is 328 g/mol. The molecule has 3 nitrogen and oxygen atoms in total. The highest BCUT2D eigenvalue weighted by atomic mass is 32.1. The van der Waals surface area contributed by atoms with Crippen LogP contribution in [-0.2, 0) is 6.42 Å². The van der Waals surface area contributed by atoms with Crippen LogP contribution in [0.1, 0.15) is 23.1 Å². The molecule has 0 heterocycles. The van der Waals surface area contributed by atoms with Crippen molar-refractivity contribution in [2.45, 2.75) is 26.7 Å². The zero-order chi connectivity index (χ0) is 16.7. The van der Waals surface area contributed by atoms with E-state index in [0.717, 1.165) is 30.8 Å². The Balaban J connectivity index is 1.76. The molecule has 0 bridgehead atoms. The molecule has 2 rings (SSSR count). The standard InChI is InChI=1S/C19H24N2OS/c1-14-10-11-17(15(2)13-14)21-19(23)20-12-6-8-16-7-4-5-9-18(16)22-3/h4-5,7,9-11,13H,6,8,12H2,1-3H3,(H2,20,21,23). The quantitative estimate of drug-likeness (QED) is 0.614. The van der Waals surface area contributed by atoms with Gasteiger partial charge in [0.1, 0.15) is 5.75 Å². The maximum Gasteiger partial charge on any atom is 0.170 e. The van der Waals surface area contributed by atoms with E-state index >= 15 is 0 Å². The van der Waals surface area contributed by atoms with Gasteiger partial charge in [-0.15, -0.1) is 0 Å². The number of anilines is 1. The van der Waals surface area contributed by atoms with Gasteiger partial charge < -0.3 is 15.4 Å². The summed E-state index contributed by atoms with van der Waals surface area (Å²) < 4.78 is 5.37. The Labute approximate surface area is 144 Å². The molecule has 23 heavy (non-hydrogen) atoms. The number of rotatable bonds is 6. The largest absolute Gasteiger partial charge is 0.496 e. The number of nitrogens with one attached hydrogen (secondary N) is 2. The zero-order valence-corrected chi connectivity index (χ0v) is 14.8. The maximum atomic E-state index is 5.37. The fourth-order valence-electron chi connectivity index (χ4n) is 2.51. The van der Waals surface area contributed by atoms with Gasteiger partial charge in [-0.25, -0.2) is 0 Å². The molecule has 0 aromatic heterocycles. The Morgan fingerprint density at radius 2 is 1.91 bits per heavy atom. The van der Waals surface area contributed by atoms with Crippen LogP contribution in [0.25, 0.3) is 0 Å². The SMILES string of the molecule is COc1ccccc1CCCNC(=S)Nc1ccc(C)cc1C. The van der Waals surface area contributed by atoms with Crippen LogP contribution < -0.4 is 15.4 Å². The highest BCUT2D eigenvalue weighted by Gasteiger charge is 2.03. The molecule has 0 saturated heterocycles. The summed E-state index contributed by atoms with van der Waals surface area (Å²) in [6.45, 7) is 5.00. The van der Waals surface area contributed by atoms with Gasteiger partial charge >= 0.3 is 0 Å². The molecule has 0 saturated carbocycles. The van der Waals surface area contributed by atoms with Crippen LogP contribution in [0.5, 0.6) is 5.75 Å². The third kappa shape index (κ3) is 5.25. The Morgan fingerprint density at radius 1 is 1.13 bits per heavy atom. The number of ether oxygens (including phenoxy) is 1. The highest BCUT2D eigenvalue weighted by Crippen LogP contribution is 2.18. The number of hydrogen-bond acceptors (Lipinski definition) is 2. The summed E-state index contributed by atoms with van der Waals surface area (Å²) in [4.78, 5) is 0. The molecular weight excluding hydrogens is 304 g/mol. The first-order chi connectivity index (χ1) is 11.1. The van der Waals surface area contributed by atoms with E-state index in [0.29, 0.717) is 5.11 Å². The molecule has 0 unspecified atom stereocenters. The monoisotopic (exact) mass is 328 g/mol. The lowest BCUT2D eigenvalue weighted by Crippen LogP contribution is -2.29. The van der Waals surface area contributed by atoms with Crippen LogP contribution in [0.15, 0.2) is 42.5 Å². The van der Waals surface area contributed by atoms with Crippen molar-refractivity contribution < 1.29 is 4.74 Å². The number of thiocarbonyl (C=S) groups is 1. The molecule has 0 atom stereocenters. The molecule has 2 aromatic rings. The van der Waals surface area contributed by atoms with Gasteiger partial charge in [0, 0.05) is 12.2 Å². The average Bonchev–Trinajstić information content (AvgIpc) is 2.54. The van der Waals surface area contributed by atoms with E-state index in [1.807, 2.05) is 18.2 Å². The van der Waals surface area contributed by atoms with Gasteiger partial charge in [0.2, 0.25) is 0 Å². The second-order valence-corrected chi connectivity index (χ2v) is 6.02. The summed E-state index contributed by atoms with van der Waals surface area (Å²) in [7, 11) is 1.71. The lowest BCUT2D eigenvalue weighted by atomic mass is 10.1. The second kappa shape index (κ2) is 8.53. The van der Waals surface area contributed by atoms with Gasteiger partial charge in [0.05, 0.1) is 7.11 Å². The van der Waals surface area contributed by atoms with Gasteiger partial charge in [-0.05, 0) is 62.2 Å². The summed E-state index contributed by atoms with van der Waals surface area (Å²) in [5.74, 6) is 0.948. The van der Waals surface area contributed by atoms with Gasteiger partial charge in [-0.2, -0.15) is 0 Å². The Kier molecular flexibility index (Phi) is 6.41.